The van der Waals surface area contributed by atoms with Crippen molar-refractivity contribution in [1.29, 1.82) is 0 Å². The average molecular weight is 1520 g/mol. The number of fused-ring (bicyclic) bond motifs is 40. The predicted octanol–water partition coefficient (Wildman–Crippen LogP) is 3.53. The largest absolute Gasteiger partial charge is 0.324 e. The molecule has 0 saturated heterocycles. The maximum absolute atomic E-state index is 13.4. The molecule has 0 unspecified atom stereocenters. The first kappa shape index (κ1) is 65.8. The highest BCUT2D eigenvalue weighted by Gasteiger charge is 2.32. The minimum absolute atomic E-state index is 0.0301. The zero-order chi connectivity index (χ0) is 72.6. The first-order valence-corrected chi connectivity index (χ1v) is 37.5. The van der Waals surface area contributed by atoms with Crippen LogP contribution in [0.5, 0.6) is 0 Å². The summed E-state index contributed by atoms with van der Waals surface area (Å²) >= 11 is 0. The van der Waals surface area contributed by atoms with E-state index in [0.717, 1.165) is 24.3 Å². The van der Waals surface area contributed by atoms with Crippen molar-refractivity contribution in [3.05, 3.63) is 121 Å². The topological polar surface area (TPSA) is 634 Å². The standard InChI is InChI=1S/C58H36N22O18S6/c59-93-99(81,82)21-1-7-27-33(13-21)49-65-43(27)67-51-35-15-23(101(85,86)95-61)3-9-29(35)47(71-51)75-55-39-19-40-42(20-41(39)57(79-55)77-53-37-17-25(103(89,90)97-63)5-11-31(37)45(69-49)73-53)58-78-54-38-18-26(104(91,92)98-64)6-12-32(38)46(74-54)70-50-34-14-22(100(83,84)94-60)2-8-28(34)44(66-50)68-52-36-16-24(102(87,88)96-62)4-10-30(36)48(72-52)76-56(40)80-58/h1-20H,59-64H2,(H2,65,67,69,71,73,75,77,79)(H2,66,68,70,72,74,76,78,80). The Labute approximate surface area is 578 Å². The lowest BCUT2D eigenvalue weighted by Gasteiger charge is -2.04. The molecule has 0 fully saturated rings. The lowest BCUT2D eigenvalue weighted by Crippen LogP contribution is -2.11. The average Bonchev–Trinajstić information content (AvgIpc) is 1.58. The highest BCUT2D eigenvalue weighted by Crippen LogP contribution is 2.46. The molecule has 6 aromatic heterocycles. The summed E-state index contributed by atoms with van der Waals surface area (Å²) in [4.78, 5) is 69.0. The number of aromatic nitrogens is 16. The van der Waals surface area contributed by atoms with Crippen molar-refractivity contribution in [2.45, 2.75) is 29.4 Å². The molecule has 0 radical (unpaired) electrons. The molecule has 17 rings (SSSR count). The van der Waals surface area contributed by atoms with Crippen molar-refractivity contribution in [2.24, 2.45) is 35.4 Å². The van der Waals surface area contributed by atoms with Gasteiger partial charge in [-0.05, 0) is 121 Å². The summed E-state index contributed by atoms with van der Waals surface area (Å²) in [6.45, 7) is 0. The van der Waals surface area contributed by atoms with E-state index in [1.54, 1.807) is 12.1 Å². The van der Waals surface area contributed by atoms with E-state index < -0.39 is 90.1 Å². The zero-order valence-corrected chi connectivity index (χ0v) is 56.1. The van der Waals surface area contributed by atoms with Gasteiger partial charge in [0.05, 0.1) is 29.4 Å². The summed E-state index contributed by atoms with van der Waals surface area (Å²) < 4.78 is 185. The Hall–Kier alpha value is -11.5. The molecule has 0 aliphatic carbocycles. The second kappa shape index (κ2) is 23.0. The monoisotopic (exact) mass is 1520 g/mol. The Kier molecular flexibility index (Phi) is 14.5. The van der Waals surface area contributed by atoms with E-state index >= 15 is 0 Å². The number of nitrogens with zero attached hydrogens (tertiary/aromatic N) is 12. The van der Waals surface area contributed by atoms with Gasteiger partial charge < -0.3 is 19.9 Å². The molecule has 40 nitrogen and oxygen atoms in total. The Balaban J connectivity index is 1.01. The fourth-order valence-corrected chi connectivity index (χ4v) is 15.9. The summed E-state index contributed by atoms with van der Waals surface area (Å²) in [7, 11) is -27.7. The number of nitrogens with one attached hydrogen (secondary N) is 4. The first-order valence-electron chi connectivity index (χ1n) is 29.1. The van der Waals surface area contributed by atoms with Crippen LogP contribution < -0.4 is 35.4 Å². The highest BCUT2D eigenvalue weighted by atomic mass is 32.2. The van der Waals surface area contributed by atoms with Crippen molar-refractivity contribution in [1.82, 2.24) is 79.7 Å². The Bertz CT molecular complexity index is 6860. The van der Waals surface area contributed by atoms with Crippen LogP contribution in [0.4, 0.5) is 0 Å². The van der Waals surface area contributed by atoms with Gasteiger partial charge in [0.1, 0.15) is 45.2 Å². The van der Waals surface area contributed by atoms with Gasteiger partial charge in [0.2, 0.25) is 0 Å². The Morgan fingerprint density at radius 2 is 0.375 bits per heavy atom. The van der Waals surface area contributed by atoms with Crippen molar-refractivity contribution < 1.29 is 76.2 Å². The summed E-state index contributed by atoms with van der Waals surface area (Å²) in [5.74, 6) is 30.3. The van der Waals surface area contributed by atoms with Gasteiger partial charge in [-0.3, -0.25) is 0 Å². The summed E-state index contributed by atoms with van der Waals surface area (Å²) in [5, 5.41) is 1.01. The van der Waals surface area contributed by atoms with Crippen LogP contribution in [0, 0.1) is 0 Å². The van der Waals surface area contributed by atoms with E-state index in [2.05, 4.69) is 45.6 Å². The molecule has 13 aromatic rings. The van der Waals surface area contributed by atoms with E-state index in [1.807, 2.05) is 0 Å². The van der Waals surface area contributed by atoms with Crippen LogP contribution in [0.3, 0.4) is 0 Å². The summed E-state index contributed by atoms with van der Waals surface area (Å²) in [6, 6.07) is 25.4. The molecular formula is C58H36N22O18S6. The first-order chi connectivity index (χ1) is 49.6. The molecule has 46 heteroatoms. The molecule has 0 spiro atoms. The molecule has 0 saturated carbocycles. The van der Waals surface area contributed by atoms with Crippen LogP contribution in [0.25, 0.3) is 179 Å². The van der Waals surface area contributed by atoms with Gasteiger partial charge in [0.15, 0.2) is 46.6 Å². The molecule has 7 aromatic carbocycles. The molecule has 522 valence electrons. The lowest BCUT2D eigenvalue weighted by molar-refractivity contribution is 0.332. The zero-order valence-electron chi connectivity index (χ0n) is 51.2. The molecule has 104 heavy (non-hydrogen) atoms. The van der Waals surface area contributed by atoms with Crippen LogP contribution in [-0.2, 0) is 86.4 Å². The van der Waals surface area contributed by atoms with Crippen molar-refractivity contribution in [3.8, 4) is 91.1 Å². The van der Waals surface area contributed by atoms with Gasteiger partial charge in [0.25, 0.3) is 0 Å². The number of H-pyrrole nitrogens is 4. The van der Waals surface area contributed by atoms with Gasteiger partial charge in [-0.1, -0.05) is 0 Å². The number of rotatable bonds is 12. The normalized spacial score (nSPS) is 13.2. The fraction of sp³-hybridized carbons (Fsp3) is 0. The van der Waals surface area contributed by atoms with Crippen LogP contribution in [0.2, 0.25) is 0 Å². The van der Waals surface area contributed by atoms with Crippen molar-refractivity contribution in [2.75, 3.05) is 0 Å². The van der Waals surface area contributed by atoms with E-state index in [9.17, 15) is 50.5 Å². The number of hydrogen-bond acceptors (Lipinski definition) is 36. The lowest BCUT2D eigenvalue weighted by atomic mass is 9.99. The van der Waals surface area contributed by atoms with Gasteiger partial charge in [-0.15, -0.1) is 0 Å². The predicted molar refractivity (Wildman–Crippen MR) is 360 cm³/mol. The maximum Gasteiger partial charge on any atom is 0.312 e. The minimum Gasteiger partial charge on any atom is -0.324 e. The number of hydrogen-bond donors (Lipinski definition) is 10. The molecule has 10 heterocycles. The van der Waals surface area contributed by atoms with Gasteiger partial charge >= 0.3 is 60.7 Å². The second-order valence-electron chi connectivity index (χ2n) is 22.7. The smallest absolute Gasteiger partial charge is 0.312 e. The molecule has 16 N–H and O–H groups in total. The van der Waals surface area contributed by atoms with Crippen LogP contribution in [-0.4, -0.2) is 130 Å². The third kappa shape index (κ3) is 10.4. The molecular weight excluding hydrogens is 1490 g/mol. The third-order valence-corrected chi connectivity index (χ3v) is 23.6. The SMILES string of the molecule is NOS(=O)(=O)c1ccc2c(c1)-c1nc-2nc2[nH]c(nc3nc(nc4[nH]c(n1)c1ccc(S(=O)(=O)ON)cc41)-c1cc4c(cc1-3)-c1nc-4nc3[nH]c(nc4nc(nc5[nH]c(n1)c1ccc(S(=O)(=O)ON)cc51)-c1ccc(S(=O)(=O)ON)cc1-4)c1ccc(S(=O)(=O)ON)cc31)c1ccc(S(=O)(=O)ON)cc21. The summed E-state index contributed by atoms with van der Waals surface area (Å²) in [6.07, 6.45) is 0. The van der Waals surface area contributed by atoms with E-state index in [1.165, 1.54) is 84.9 Å². The third-order valence-electron chi connectivity index (χ3n) is 17.1. The Morgan fingerprint density at radius 3 is 0.587 bits per heavy atom. The quantitative estimate of drug-likeness (QED) is 0.0782. The van der Waals surface area contributed by atoms with Crippen LogP contribution in [0.1, 0.15) is 0 Å². The van der Waals surface area contributed by atoms with Gasteiger partial charge in [-0.25, -0.2) is 59.8 Å². The van der Waals surface area contributed by atoms with Crippen molar-refractivity contribution >= 4 is 149 Å². The minimum atomic E-state index is -4.65. The summed E-state index contributed by atoms with van der Waals surface area (Å²) in [5.41, 5.74) is 0.438. The number of aromatic amines is 4. The van der Waals surface area contributed by atoms with Crippen LogP contribution >= 0.6 is 0 Å². The molecule has 16 bridgehead atoms. The molecule has 4 aliphatic heterocycles. The fourth-order valence-electron chi connectivity index (χ4n) is 12.2. The van der Waals surface area contributed by atoms with Gasteiger partial charge in [-0.2, -0.15) is 112 Å². The maximum atomic E-state index is 13.4. The van der Waals surface area contributed by atoms with Crippen LogP contribution in [0.15, 0.2) is 151 Å². The number of nitrogens with two attached hydrogens (primary N) is 6. The van der Waals surface area contributed by atoms with E-state index in [-0.39, 0.29) is 179 Å². The Morgan fingerprint density at radius 1 is 0.202 bits per heavy atom. The number of benzene rings is 7. The van der Waals surface area contributed by atoms with Crippen molar-refractivity contribution in [3.63, 3.8) is 0 Å². The molecule has 0 atom stereocenters. The van der Waals surface area contributed by atoms with Gasteiger partial charge in [0, 0.05) is 87.6 Å². The highest BCUT2D eigenvalue weighted by molar-refractivity contribution is 7.88. The van der Waals surface area contributed by atoms with E-state index in [4.69, 9.17) is 95.2 Å². The van der Waals surface area contributed by atoms with E-state index in [0.29, 0.717) is 0 Å². The molecule has 4 aliphatic rings. The second-order valence-corrected chi connectivity index (χ2v) is 32.1. The molecule has 0 amide bonds.